The van der Waals surface area contributed by atoms with E-state index in [0.29, 0.717) is 79.0 Å². The lowest BCUT2D eigenvalue weighted by atomic mass is 10.2. The van der Waals surface area contributed by atoms with Crippen LogP contribution < -0.4 is 14.5 Å². The zero-order valence-corrected chi connectivity index (χ0v) is 36.7. The Morgan fingerprint density at radius 2 is 1.65 bits per heavy atom. The number of ether oxygens (including phenoxy) is 3. The van der Waals surface area contributed by atoms with Crippen LogP contribution >= 0.6 is 23.2 Å². The van der Waals surface area contributed by atoms with Crippen LogP contribution in [0.5, 0.6) is 5.75 Å². The van der Waals surface area contributed by atoms with Crippen molar-refractivity contribution in [3.8, 4) is 16.9 Å². The Balaban J connectivity index is 1.18. The van der Waals surface area contributed by atoms with E-state index in [9.17, 15) is 4.79 Å². The van der Waals surface area contributed by atoms with Crippen molar-refractivity contribution < 1.29 is 19.0 Å². The molecule has 1 amide bonds. The molecule has 0 atom stereocenters. The zero-order chi connectivity index (χ0) is 41.8. The molecule has 0 spiro atoms. The number of fused-ring (bicyclic) bond motifs is 2. The summed E-state index contributed by atoms with van der Waals surface area (Å²) in [5, 5.41) is 10.2. The molecule has 18 heteroatoms. The Morgan fingerprint density at radius 3 is 2.37 bits per heavy atom. The molecular weight excluding hydrogens is 822 g/mol. The van der Waals surface area contributed by atoms with Crippen molar-refractivity contribution in [1.82, 2.24) is 43.8 Å². The van der Waals surface area contributed by atoms with Crippen LogP contribution in [-0.2, 0) is 42.9 Å². The lowest BCUT2D eigenvalue weighted by molar-refractivity contribution is 0.0882. The maximum Gasteiger partial charge on any atom is 0.410 e. The lowest BCUT2D eigenvalue weighted by Crippen LogP contribution is -2.49. The summed E-state index contributed by atoms with van der Waals surface area (Å²) in [5.41, 5.74) is 5.76. The van der Waals surface area contributed by atoms with Crippen LogP contribution in [0, 0.1) is 0 Å². The first-order valence-electron chi connectivity index (χ1n) is 19.9. The third-order valence-corrected chi connectivity index (χ3v) is 12.6. The highest BCUT2D eigenvalue weighted by Gasteiger charge is 2.28. The highest BCUT2D eigenvalue weighted by atomic mass is 35.5. The van der Waals surface area contributed by atoms with Gasteiger partial charge in [0.2, 0.25) is 11.9 Å². The van der Waals surface area contributed by atoms with E-state index in [0.717, 1.165) is 45.4 Å². The van der Waals surface area contributed by atoms with Crippen molar-refractivity contribution in [2.24, 2.45) is 7.05 Å². The van der Waals surface area contributed by atoms with Gasteiger partial charge in [-0.1, -0.05) is 78.8 Å². The van der Waals surface area contributed by atoms with Gasteiger partial charge in [0.1, 0.15) is 24.9 Å². The molecule has 0 N–H and O–H groups in total. The van der Waals surface area contributed by atoms with Gasteiger partial charge >= 0.3 is 6.09 Å². The Kier molecular flexibility index (Phi) is 12.5. The molecule has 0 aliphatic carbocycles. The molecule has 312 valence electrons. The highest BCUT2D eigenvalue weighted by molar-refractivity contribution is 6.55. The second kappa shape index (κ2) is 18.3. The molecule has 7 aromatic rings. The second-order valence-electron chi connectivity index (χ2n) is 15.2. The number of aromatic nitrogens is 8. The molecule has 60 heavy (non-hydrogen) atoms. The molecule has 15 nitrogen and oxygen atoms in total. The molecular formula is C42H47Cl2N11O4Si. The van der Waals surface area contributed by atoms with Crippen molar-refractivity contribution in [2.45, 2.75) is 45.6 Å². The third kappa shape index (κ3) is 9.21. The molecule has 5 heterocycles. The topological polar surface area (TPSA) is 133 Å². The average molecular weight is 869 g/mol. The molecule has 0 unspecified atom stereocenters. The number of rotatable bonds is 15. The quantitative estimate of drug-likeness (QED) is 0.0759. The zero-order valence-electron chi connectivity index (χ0n) is 34.0. The number of piperazine rings is 1. The maximum absolute atomic E-state index is 13.1. The number of amides is 1. The highest BCUT2D eigenvalue weighted by Crippen LogP contribution is 2.32. The summed E-state index contributed by atoms with van der Waals surface area (Å²) in [6, 6.07) is 22.3. The number of benzene rings is 3. The number of carbonyl (C=O) groups is 1. The lowest BCUT2D eigenvalue weighted by Gasteiger charge is -2.34. The van der Waals surface area contributed by atoms with Crippen molar-refractivity contribution in [1.29, 1.82) is 0 Å². The molecule has 8 rings (SSSR count). The number of carbonyl (C=O) groups excluding carboxylic acids is 1. The van der Waals surface area contributed by atoms with E-state index in [2.05, 4.69) is 32.6 Å². The maximum atomic E-state index is 13.1. The van der Waals surface area contributed by atoms with Gasteiger partial charge in [-0.15, -0.1) is 0 Å². The molecule has 3 aromatic carbocycles. The molecule has 0 radical (unpaired) electrons. The van der Waals surface area contributed by atoms with E-state index in [-0.39, 0.29) is 19.4 Å². The SMILES string of the molecule is COc1ccc(CN(Cc2nc3cc(Cl)c(Cl)cc3n2COCC[SiH](C)C)c2nc(N3CCN(C(=O)OCc4ccccc4)CC3)nc3c(-c4cnn(C)c4)cnn23)cc1. The van der Waals surface area contributed by atoms with Gasteiger partial charge in [-0.05, 0) is 41.4 Å². The fourth-order valence-electron chi connectivity index (χ4n) is 7.09. The van der Waals surface area contributed by atoms with Gasteiger partial charge in [-0.3, -0.25) is 4.68 Å². The Bertz CT molecular complexity index is 2570. The first kappa shape index (κ1) is 41.1. The predicted molar refractivity (Wildman–Crippen MR) is 236 cm³/mol. The first-order valence-corrected chi connectivity index (χ1v) is 23.8. The van der Waals surface area contributed by atoms with Gasteiger partial charge < -0.3 is 33.5 Å². The van der Waals surface area contributed by atoms with Crippen LogP contribution in [0.3, 0.4) is 0 Å². The molecule has 1 aliphatic heterocycles. The monoisotopic (exact) mass is 867 g/mol. The third-order valence-electron chi connectivity index (χ3n) is 10.5. The summed E-state index contributed by atoms with van der Waals surface area (Å²) in [6.07, 6.45) is 5.18. The van der Waals surface area contributed by atoms with Crippen molar-refractivity contribution in [3.05, 3.63) is 112 Å². The molecule has 0 saturated carbocycles. The minimum Gasteiger partial charge on any atom is -0.497 e. The number of aryl methyl sites for hydroxylation is 1. The summed E-state index contributed by atoms with van der Waals surface area (Å²) >= 11 is 13.1. The average Bonchev–Trinajstić information content (AvgIpc) is 3.98. The summed E-state index contributed by atoms with van der Waals surface area (Å²) in [6.45, 7) is 8.40. The van der Waals surface area contributed by atoms with Gasteiger partial charge in [0.25, 0.3) is 0 Å². The van der Waals surface area contributed by atoms with Gasteiger partial charge in [0.15, 0.2) is 5.65 Å². The summed E-state index contributed by atoms with van der Waals surface area (Å²) in [5.74, 6) is 2.54. The molecule has 0 bridgehead atoms. The van der Waals surface area contributed by atoms with Crippen molar-refractivity contribution in [2.75, 3.05) is 49.7 Å². The van der Waals surface area contributed by atoms with E-state index in [1.165, 1.54) is 0 Å². The molecule has 1 aliphatic rings. The number of hydrogen-bond donors (Lipinski definition) is 0. The Morgan fingerprint density at radius 1 is 0.883 bits per heavy atom. The van der Waals surface area contributed by atoms with E-state index in [1.807, 2.05) is 73.9 Å². The fraction of sp³-hybridized carbons (Fsp3) is 0.333. The van der Waals surface area contributed by atoms with E-state index >= 15 is 0 Å². The fourth-order valence-corrected chi connectivity index (χ4v) is 8.05. The number of imidazole rings is 1. The summed E-state index contributed by atoms with van der Waals surface area (Å²) in [7, 11) is 2.71. The Labute approximate surface area is 359 Å². The van der Waals surface area contributed by atoms with Gasteiger partial charge in [0.05, 0.1) is 47.1 Å². The number of nitrogens with zero attached hydrogens (tertiary/aromatic N) is 11. The minimum absolute atomic E-state index is 0.213. The number of anilines is 2. The normalized spacial score (nSPS) is 13.2. The van der Waals surface area contributed by atoms with E-state index < -0.39 is 8.80 Å². The van der Waals surface area contributed by atoms with E-state index in [4.69, 9.17) is 57.5 Å². The molecule has 1 fully saturated rings. The van der Waals surface area contributed by atoms with Crippen molar-refractivity contribution >= 4 is 66.7 Å². The first-order chi connectivity index (χ1) is 29.1. The van der Waals surface area contributed by atoms with Gasteiger partial charge in [-0.2, -0.15) is 24.7 Å². The molecule has 1 saturated heterocycles. The smallest absolute Gasteiger partial charge is 0.410 e. The summed E-state index contributed by atoms with van der Waals surface area (Å²) in [4.78, 5) is 34.6. The Hall–Kier alpha value is -5.68. The van der Waals surface area contributed by atoms with Crippen LogP contribution in [0.25, 0.3) is 27.8 Å². The number of methoxy groups -OCH3 is 1. The van der Waals surface area contributed by atoms with Crippen LogP contribution in [-0.4, -0.2) is 98.6 Å². The van der Waals surface area contributed by atoms with Gasteiger partial charge in [0, 0.05) is 72.5 Å². The van der Waals surface area contributed by atoms with Crippen LogP contribution in [0.1, 0.15) is 17.0 Å². The molecule has 4 aromatic heterocycles. The minimum atomic E-state index is -0.818. The summed E-state index contributed by atoms with van der Waals surface area (Å²) < 4.78 is 23.0. The van der Waals surface area contributed by atoms with Crippen LogP contribution in [0.2, 0.25) is 29.2 Å². The van der Waals surface area contributed by atoms with Crippen LogP contribution in [0.4, 0.5) is 16.7 Å². The largest absolute Gasteiger partial charge is 0.497 e. The number of hydrogen-bond acceptors (Lipinski definition) is 11. The van der Waals surface area contributed by atoms with Gasteiger partial charge in [-0.25, -0.2) is 9.78 Å². The number of halogens is 2. The van der Waals surface area contributed by atoms with Crippen molar-refractivity contribution in [3.63, 3.8) is 0 Å². The van der Waals surface area contributed by atoms with E-state index in [1.54, 1.807) is 39.7 Å². The second-order valence-corrected chi connectivity index (χ2v) is 19.3. The standard InChI is InChI=1S/C42H47Cl2N11O4Si/c1-50-25-31(22-45-50)33-23-46-55-39(33)48-40(51-14-16-52(17-15-51)42(56)59-27-30-8-6-5-7-9-30)49-41(55)53(24-29-10-12-32(57-2)13-11-29)26-38-47-36-20-34(43)35(44)21-37(36)54(38)28-58-18-19-60(3)4/h5-13,20-23,25,60H,14-19,24,26-28H2,1-4H3. The predicted octanol–water partition coefficient (Wildman–Crippen LogP) is 7.32. The van der Waals surface area contributed by atoms with Crippen LogP contribution in [0.15, 0.2) is 85.3 Å².